The molecule has 0 spiro atoms. The van der Waals surface area contributed by atoms with Crippen molar-refractivity contribution in [1.29, 1.82) is 0 Å². The van der Waals surface area contributed by atoms with E-state index in [1.807, 2.05) is 42.6 Å². The van der Waals surface area contributed by atoms with Crippen molar-refractivity contribution in [1.82, 2.24) is 25.6 Å². The minimum absolute atomic E-state index is 0. The van der Waals surface area contributed by atoms with E-state index in [9.17, 15) is 14.4 Å². The van der Waals surface area contributed by atoms with Crippen molar-refractivity contribution < 1.29 is 57.0 Å². The number of nitrogens with one attached hydrogen (secondary N) is 5. The maximum Gasteiger partial charge on any atom is 0.323 e. The minimum atomic E-state index is -0.688. The van der Waals surface area contributed by atoms with E-state index in [2.05, 4.69) is 58.0 Å². The van der Waals surface area contributed by atoms with Gasteiger partial charge in [-0.05, 0) is 59.6 Å². The first kappa shape index (κ1) is 55.3. The van der Waals surface area contributed by atoms with Crippen LogP contribution < -0.4 is 44.8 Å². The summed E-state index contributed by atoms with van der Waals surface area (Å²) in [6, 6.07) is 10.4. The Labute approximate surface area is 416 Å². The molecule has 0 unspecified atom stereocenters. The van der Waals surface area contributed by atoms with Crippen molar-refractivity contribution in [3.8, 4) is 34.5 Å². The minimum Gasteiger partial charge on any atom is -0.493 e. The molecule has 388 valence electrons. The molecule has 5 heterocycles. The molecule has 8 rings (SSSR count). The quantitative estimate of drug-likeness (QED) is 0.0426. The van der Waals surface area contributed by atoms with Gasteiger partial charge in [0.2, 0.25) is 0 Å². The third-order valence-corrected chi connectivity index (χ3v) is 12.8. The predicted octanol–water partition coefficient (Wildman–Crippen LogP) is 7.78. The first-order valence-corrected chi connectivity index (χ1v) is 23.3. The van der Waals surface area contributed by atoms with Gasteiger partial charge in [-0.15, -0.1) is 0 Å². The highest BCUT2D eigenvalue weighted by Crippen LogP contribution is 2.42. The van der Waals surface area contributed by atoms with E-state index in [1.165, 1.54) is 21.3 Å². The molecule has 71 heavy (non-hydrogen) atoms. The van der Waals surface area contributed by atoms with E-state index in [4.69, 9.17) is 43.6 Å². The zero-order chi connectivity index (χ0) is 51.0. The number of aromatic nitrogens is 3. The van der Waals surface area contributed by atoms with E-state index in [0.29, 0.717) is 65.6 Å². The van der Waals surface area contributed by atoms with Crippen LogP contribution in [0.25, 0.3) is 32.7 Å². The van der Waals surface area contributed by atoms with Crippen LogP contribution in [0.1, 0.15) is 88.1 Å². The first-order chi connectivity index (χ1) is 33.6. The van der Waals surface area contributed by atoms with Crippen LogP contribution in [-0.4, -0.2) is 115 Å². The number of fused-ring (bicyclic) bond motifs is 7. The van der Waals surface area contributed by atoms with Crippen molar-refractivity contribution in [3.05, 3.63) is 70.7 Å². The smallest absolute Gasteiger partial charge is 0.323 e. The molecule has 0 aliphatic carbocycles. The van der Waals surface area contributed by atoms with Gasteiger partial charge in [-0.2, -0.15) is 0 Å². The predicted molar refractivity (Wildman–Crippen MR) is 274 cm³/mol. The van der Waals surface area contributed by atoms with Crippen LogP contribution >= 0.6 is 0 Å². The van der Waals surface area contributed by atoms with E-state index in [1.54, 1.807) is 42.7 Å². The lowest BCUT2D eigenvalue weighted by atomic mass is 9.90. The number of carbonyl (C=O) groups excluding carboxylic acids is 3. The monoisotopic (exact) mass is 987 g/mol. The first-order valence-electron chi connectivity index (χ1n) is 23.3. The topological polar surface area (TPSA) is 232 Å². The number of nitrogens with two attached hydrogens (primary N) is 1. The zero-order valence-electron chi connectivity index (χ0n) is 42.6. The molecule has 6 aromatic rings. The molecule has 5 atom stereocenters. The number of methoxy groups -OCH3 is 9. The number of hydrogen-bond acceptors (Lipinski definition) is 15. The van der Waals surface area contributed by atoms with Crippen LogP contribution in [0.3, 0.4) is 0 Å². The van der Waals surface area contributed by atoms with Crippen LogP contribution in [0.5, 0.6) is 34.5 Å². The Balaban J connectivity index is 0.000000198. The fourth-order valence-electron chi connectivity index (χ4n) is 9.46. The number of esters is 3. The molecular formula is C53H74N6O12. The highest BCUT2D eigenvalue weighted by molar-refractivity contribution is 5.91. The number of H-pyrrole nitrogens is 3. The second kappa shape index (κ2) is 24.5. The van der Waals surface area contributed by atoms with Gasteiger partial charge in [0, 0.05) is 99.8 Å². The SMILES string of the molecule is C.COC(=O)[C@@H]1Cc2c([nH]c3cc(OC)c(OC)cc23)[C@H](CC(C)C)N1.COC(=O)[C@H](N)Cc1c[nH]c2cc(OC)c(OC)cc12.COC(=O)[C@H]1Cc2c([nH]c3cc(OC)c(OC)cc23)[C@H](CC(C)C)N1. The fourth-order valence-corrected chi connectivity index (χ4v) is 9.46. The van der Waals surface area contributed by atoms with Gasteiger partial charge >= 0.3 is 17.9 Å². The number of ether oxygens (including phenoxy) is 9. The van der Waals surface area contributed by atoms with Gasteiger partial charge in [0.05, 0.1) is 64.0 Å². The molecule has 18 heteroatoms. The highest BCUT2D eigenvalue weighted by atomic mass is 16.5. The number of rotatable bonds is 15. The molecule has 0 fully saturated rings. The summed E-state index contributed by atoms with van der Waals surface area (Å²) in [5.74, 6) is 4.13. The Kier molecular flexibility index (Phi) is 19.1. The summed E-state index contributed by atoms with van der Waals surface area (Å²) in [5.41, 5.74) is 14.2. The van der Waals surface area contributed by atoms with Crippen LogP contribution in [0.15, 0.2) is 42.6 Å². The summed E-state index contributed by atoms with van der Waals surface area (Å²) < 4.78 is 46.8. The third-order valence-electron chi connectivity index (χ3n) is 12.8. The number of hydrogen-bond donors (Lipinski definition) is 6. The molecule has 2 aliphatic heterocycles. The Morgan fingerprint density at radius 3 is 1.27 bits per heavy atom. The molecule has 0 amide bonds. The molecule has 7 N–H and O–H groups in total. The summed E-state index contributed by atoms with van der Waals surface area (Å²) in [6.45, 7) is 8.71. The number of benzene rings is 3. The molecule has 18 nitrogen and oxygen atoms in total. The van der Waals surface area contributed by atoms with E-state index < -0.39 is 12.0 Å². The summed E-state index contributed by atoms with van der Waals surface area (Å²) in [4.78, 5) is 45.9. The van der Waals surface area contributed by atoms with Gasteiger partial charge in [-0.25, -0.2) is 0 Å². The van der Waals surface area contributed by atoms with Crippen molar-refractivity contribution in [2.45, 2.75) is 97.4 Å². The molecule has 0 radical (unpaired) electrons. The molecule has 3 aromatic carbocycles. The van der Waals surface area contributed by atoms with Crippen molar-refractivity contribution in [3.63, 3.8) is 0 Å². The Hall–Kier alpha value is -6.63. The largest absolute Gasteiger partial charge is 0.493 e. The molecular weight excluding hydrogens is 913 g/mol. The number of carbonyl (C=O) groups is 3. The lowest BCUT2D eigenvalue weighted by molar-refractivity contribution is -0.144. The summed E-state index contributed by atoms with van der Waals surface area (Å²) in [6.07, 6.45) is 5.26. The average molecular weight is 987 g/mol. The number of aromatic amines is 3. The van der Waals surface area contributed by atoms with Crippen LogP contribution in [0, 0.1) is 11.8 Å². The summed E-state index contributed by atoms with van der Waals surface area (Å²) in [5, 5.41) is 9.96. The zero-order valence-corrected chi connectivity index (χ0v) is 42.6. The van der Waals surface area contributed by atoms with Crippen molar-refractivity contribution in [2.24, 2.45) is 17.6 Å². The normalized spacial score (nSPS) is 17.4. The van der Waals surface area contributed by atoms with E-state index >= 15 is 0 Å². The van der Waals surface area contributed by atoms with E-state index in [-0.39, 0.29) is 43.5 Å². The summed E-state index contributed by atoms with van der Waals surface area (Å²) in [7, 11) is 13.9. The lowest BCUT2D eigenvalue weighted by Crippen LogP contribution is -2.45. The lowest BCUT2D eigenvalue weighted by Gasteiger charge is -2.31. The fraction of sp³-hybridized carbons (Fsp3) is 0.491. The molecule has 0 saturated carbocycles. The van der Waals surface area contributed by atoms with Crippen LogP contribution in [-0.2, 0) is 47.9 Å². The molecule has 3 aromatic heterocycles. The average Bonchev–Trinajstić information content (AvgIpc) is 4.06. The van der Waals surface area contributed by atoms with Crippen LogP contribution in [0.4, 0.5) is 0 Å². The van der Waals surface area contributed by atoms with Gasteiger partial charge in [-0.1, -0.05) is 35.1 Å². The third kappa shape index (κ3) is 12.1. The maximum absolute atomic E-state index is 12.1. The van der Waals surface area contributed by atoms with Gasteiger partial charge in [0.25, 0.3) is 0 Å². The molecule has 0 bridgehead atoms. The van der Waals surface area contributed by atoms with Crippen molar-refractivity contribution in [2.75, 3.05) is 64.0 Å². The van der Waals surface area contributed by atoms with Gasteiger partial charge < -0.3 is 63.3 Å². The molecule has 2 aliphatic rings. The maximum atomic E-state index is 12.1. The Bertz CT molecular complexity index is 2640. The highest BCUT2D eigenvalue weighted by Gasteiger charge is 2.36. The van der Waals surface area contributed by atoms with Crippen LogP contribution in [0.2, 0.25) is 0 Å². The Morgan fingerprint density at radius 1 is 0.549 bits per heavy atom. The summed E-state index contributed by atoms with van der Waals surface area (Å²) >= 11 is 0. The van der Waals surface area contributed by atoms with E-state index in [0.717, 1.165) is 73.6 Å². The van der Waals surface area contributed by atoms with Gasteiger partial charge in [0.15, 0.2) is 34.5 Å². The second-order valence-corrected chi connectivity index (χ2v) is 18.2. The standard InChI is InChI=1S/2C19H26N2O4.C14H18N2O4.CH4/c2*1-10(2)6-14-18-12(7-15(20-14)19(22)25-5)11-8-16(23-3)17(24-4)9-13(11)21-18;1-18-12-5-9-8(4-10(15)14(17)20-3)7-16-11(9)6-13(12)19-2;/h2*8-10,14-15,20-21H,6-7H2,1-5H3;5-7,10,16H,4,15H2,1-3H3;1H4/t14-,15+;14-,15-;10-;/m001./s1. The Morgan fingerprint density at radius 2 is 0.915 bits per heavy atom. The van der Waals surface area contributed by atoms with Gasteiger partial charge in [-0.3, -0.25) is 25.0 Å². The van der Waals surface area contributed by atoms with Gasteiger partial charge in [0.1, 0.15) is 18.1 Å². The van der Waals surface area contributed by atoms with Crippen molar-refractivity contribution >= 4 is 50.6 Å². The molecule has 0 saturated heterocycles. The second-order valence-electron chi connectivity index (χ2n) is 18.2.